The zero-order valence-corrected chi connectivity index (χ0v) is 7.88. The minimum atomic E-state index is -1.11. The van der Waals surface area contributed by atoms with Crippen molar-refractivity contribution >= 4 is 6.29 Å². The number of benzene rings is 1. The van der Waals surface area contributed by atoms with Crippen molar-refractivity contribution < 1.29 is 18.3 Å². The van der Waals surface area contributed by atoms with Gasteiger partial charge in [0.15, 0.2) is 23.5 Å². The Morgan fingerprint density at radius 2 is 2.00 bits per heavy atom. The third-order valence-electron chi connectivity index (χ3n) is 1.55. The average Bonchev–Trinajstić information content (AvgIpc) is 2.10. The highest BCUT2D eigenvalue weighted by molar-refractivity contribution is 5.61. The van der Waals surface area contributed by atoms with Gasteiger partial charge in [-0.15, -0.1) is 0 Å². The Morgan fingerprint density at radius 3 is 2.50 bits per heavy atom. The first-order chi connectivity index (χ1) is 6.44. The Bertz CT molecular complexity index is 348. The van der Waals surface area contributed by atoms with Crippen LogP contribution < -0.4 is 4.74 Å². The van der Waals surface area contributed by atoms with Crippen LogP contribution in [0.2, 0.25) is 0 Å². The number of hydrogen-bond acceptors (Lipinski definition) is 2. The van der Waals surface area contributed by atoms with Crippen molar-refractivity contribution in [3.8, 4) is 5.75 Å². The number of hydrogen-bond donors (Lipinski definition) is 0. The zero-order chi connectivity index (χ0) is 10.8. The summed E-state index contributed by atoms with van der Waals surface area (Å²) in [6, 6.07) is 2.92. The van der Waals surface area contributed by atoms with Gasteiger partial charge in [0, 0.05) is 6.07 Å². The lowest BCUT2D eigenvalue weighted by Crippen LogP contribution is -2.30. The quantitative estimate of drug-likeness (QED) is 0.700. The molecule has 0 saturated carbocycles. The molecule has 2 nitrogen and oxygen atoms in total. The Kier molecular flexibility index (Phi) is 2.84. The standard InChI is InChI=1S/C10H10F2O2/c1-10(2,6-13)14-9-4-3-7(11)5-8(9)12/h3-6H,1-2H3. The fourth-order valence-corrected chi connectivity index (χ4v) is 0.865. The maximum atomic E-state index is 13.0. The largest absolute Gasteiger partial charge is 0.477 e. The van der Waals surface area contributed by atoms with Crippen LogP contribution in [0.15, 0.2) is 18.2 Å². The zero-order valence-electron chi connectivity index (χ0n) is 7.88. The molecule has 14 heavy (non-hydrogen) atoms. The van der Waals surface area contributed by atoms with Crippen LogP contribution in [0, 0.1) is 11.6 Å². The van der Waals surface area contributed by atoms with Gasteiger partial charge in [0.05, 0.1) is 0 Å². The summed E-state index contributed by atoms with van der Waals surface area (Å²) in [6.45, 7) is 2.98. The first kappa shape index (κ1) is 10.6. The van der Waals surface area contributed by atoms with Gasteiger partial charge in [-0.25, -0.2) is 8.78 Å². The smallest absolute Gasteiger partial charge is 0.168 e. The second-order valence-corrected chi connectivity index (χ2v) is 3.40. The second kappa shape index (κ2) is 3.74. The lowest BCUT2D eigenvalue weighted by molar-refractivity contribution is -0.119. The molecular weight excluding hydrogens is 190 g/mol. The summed E-state index contributed by atoms with van der Waals surface area (Å²) in [5, 5.41) is 0. The average molecular weight is 200 g/mol. The predicted molar refractivity (Wildman–Crippen MR) is 47.1 cm³/mol. The third-order valence-corrected chi connectivity index (χ3v) is 1.55. The Labute approximate surface area is 80.5 Å². The van der Waals surface area contributed by atoms with Gasteiger partial charge in [-0.3, -0.25) is 4.79 Å². The van der Waals surface area contributed by atoms with E-state index < -0.39 is 17.2 Å². The molecule has 1 aromatic rings. The highest BCUT2D eigenvalue weighted by atomic mass is 19.1. The molecule has 0 atom stereocenters. The molecule has 1 aromatic carbocycles. The minimum Gasteiger partial charge on any atom is -0.477 e. The third kappa shape index (κ3) is 2.52. The molecule has 0 fully saturated rings. The van der Waals surface area contributed by atoms with Crippen LogP contribution >= 0.6 is 0 Å². The number of ether oxygens (including phenoxy) is 1. The maximum absolute atomic E-state index is 13.0. The first-order valence-corrected chi connectivity index (χ1v) is 4.05. The van der Waals surface area contributed by atoms with Gasteiger partial charge in [-0.2, -0.15) is 0 Å². The van der Waals surface area contributed by atoms with Crippen LogP contribution in [-0.4, -0.2) is 11.9 Å². The number of carbonyl (C=O) groups excluding carboxylic acids is 1. The van der Waals surface area contributed by atoms with Gasteiger partial charge in [-0.1, -0.05) is 0 Å². The van der Waals surface area contributed by atoms with E-state index in [1.807, 2.05) is 0 Å². The molecule has 0 saturated heterocycles. The van der Waals surface area contributed by atoms with E-state index in [1.54, 1.807) is 0 Å². The lowest BCUT2D eigenvalue weighted by Gasteiger charge is -2.19. The second-order valence-electron chi connectivity index (χ2n) is 3.40. The van der Waals surface area contributed by atoms with Crippen molar-refractivity contribution in [1.82, 2.24) is 0 Å². The van der Waals surface area contributed by atoms with E-state index >= 15 is 0 Å². The summed E-state index contributed by atoms with van der Waals surface area (Å²) in [4.78, 5) is 10.5. The summed E-state index contributed by atoms with van der Waals surface area (Å²) < 4.78 is 30.6. The van der Waals surface area contributed by atoms with Crippen molar-refractivity contribution in [2.45, 2.75) is 19.4 Å². The van der Waals surface area contributed by atoms with E-state index in [2.05, 4.69) is 0 Å². The molecule has 0 spiro atoms. The van der Waals surface area contributed by atoms with E-state index in [-0.39, 0.29) is 5.75 Å². The van der Waals surface area contributed by atoms with E-state index in [0.29, 0.717) is 12.4 Å². The summed E-state index contributed by atoms with van der Waals surface area (Å²) >= 11 is 0. The molecule has 0 unspecified atom stereocenters. The number of carbonyl (C=O) groups is 1. The highest BCUT2D eigenvalue weighted by Crippen LogP contribution is 2.21. The van der Waals surface area contributed by atoms with E-state index in [0.717, 1.165) is 12.1 Å². The Balaban J connectivity index is 2.92. The SMILES string of the molecule is CC(C)(C=O)Oc1ccc(F)cc1F. The summed E-state index contributed by atoms with van der Waals surface area (Å²) in [7, 11) is 0. The molecule has 0 aliphatic heterocycles. The van der Waals surface area contributed by atoms with Gasteiger partial charge in [0.25, 0.3) is 0 Å². The fourth-order valence-electron chi connectivity index (χ4n) is 0.865. The summed E-state index contributed by atoms with van der Waals surface area (Å²) in [5.74, 6) is -1.64. The van der Waals surface area contributed by atoms with E-state index in [4.69, 9.17) is 4.74 Å². The monoisotopic (exact) mass is 200 g/mol. The van der Waals surface area contributed by atoms with Crippen molar-refractivity contribution in [3.05, 3.63) is 29.8 Å². The van der Waals surface area contributed by atoms with Crippen LogP contribution in [0.1, 0.15) is 13.8 Å². The Hall–Kier alpha value is -1.45. The van der Waals surface area contributed by atoms with Crippen molar-refractivity contribution in [3.63, 3.8) is 0 Å². The van der Waals surface area contributed by atoms with Crippen molar-refractivity contribution in [2.75, 3.05) is 0 Å². The molecule has 0 N–H and O–H groups in total. The molecular formula is C10H10F2O2. The fraction of sp³-hybridized carbons (Fsp3) is 0.300. The summed E-state index contributed by atoms with van der Waals surface area (Å²) in [6.07, 6.45) is 0.551. The van der Waals surface area contributed by atoms with Crippen LogP contribution in [0.4, 0.5) is 8.78 Å². The molecule has 1 rings (SSSR count). The topological polar surface area (TPSA) is 26.3 Å². The van der Waals surface area contributed by atoms with Crippen molar-refractivity contribution in [1.29, 1.82) is 0 Å². The molecule has 0 radical (unpaired) electrons. The molecule has 0 aliphatic rings. The van der Waals surface area contributed by atoms with Crippen LogP contribution in [0.5, 0.6) is 5.75 Å². The number of halogens is 2. The first-order valence-electron chi connectivity index (χ1n) is 4.05. The maximum Gasteiger partial charge on any atom is 0.168 e. The van der Waals surface area contributed by atoms with E-state index in [1.165, 1.54) is 13.8 Å². The highest BCUT2D eigenvalue weighted by Gasteiger charge is 2.20. The van der Waals surface area contributed by atoms with Gasteiger partial charge in [-0.05, 0) is 26.0 Å². The van der Waals surface area contributed by atoms with Crippen LogP contribution in [0.3, 0.4) is 0 Å². The van der Waals surface area contributed by atoms with Gasteiger partial charge >= 0.3 is 0 Å². The van der Waals surface area contributed by atoms with Crippen LogP contribution in [0.25, 0.3) is 0 Å². The minimum absolute atomic E-state index is 0.136. The van der Waals surface area contributed by atoms with Crippen LogP contribution in [-0.2, 0) is 4.79 Å². The van der Waals surface area contributed by atoms with Gasteiger partial charge < -0.3 is 4.74 Å². The molecule has 0 aromatic heterocycles. The molecule has 0 amide bonds. The van der Waals surface area contributed by atoms with Crippen molar-refractivity contribution in [2.24, 2.45) is 0 Å². The molecule has 0 aliphatic carbocycles. The summed E-state index contributed by atoms with van der Waals surface area (Å²) in [5.41, 5.74) is -1.11. The molecule has 76 valence electrons. The Morgan fingerprint density at radius 1 is 1.36 bits per heavy atom. The predicted octanol–water partition coefficient (Wildman–Crippen LogP) is 2.32. The number of rotatable bonds is 3. The molecule has 4 heteroatoms. The van der Waals surface area contributed by atoms with Gasteiger partial charge in [0.2, 0.25) is 0 Å². The molecule has 0 bridgehead atoms. The van der Waals surface area contributed by atoms with E-state index in [9.17, 15) is 13.6 Å². The normalized spacial score (nSPS) is 11.1. The lowest BCUT2D eigenvalue weighted by atomic mass is 10.2. The molecule has 0 heterocycles. The number of aldehydes is 1. The van der Waals surface area contributed by atoms with Gasteiger partial charge in [0.1, 0.15) is 5.82 Å².